The molecule has 1 fully saturated rings. The van der Waals surface area contributed by atoms with Crippen LogP contribution in [-0.2, 0) is 18.3 Å². The van der Waals surface area contributed by atoms with Gasteiger partial charge in [0.1, 0.15) is 17.4 Å². The molecular weight excluding hydrogens is 484 g/mol. The number of ether oxygens (including phenoxy) is 2. The number of nitrogens with zero attached hydrogens (tertiary/aromatic N) is 3. The first kappa shape index (κ1) is 25.7. The summed E-state index contributed by atoms with van der Waals surface area (Å²) in [5.41, 5.74) is -1.97. The molecule has 2 aromatic heterocycles. The van der Waals surface area contributed by atoms with Crippen molar-refractivity contribution >= 4 is 16.6 Å². The van der Waals surface area contributed by atoms with Crippen LogP contribution in [0.3, 0.4) is 0 Å². The third kappa shape index (κ3) is 4.69. The first-order valence-electron chi connectivity index (χ1n) is 11.4. The molecule has 1 saturated heterocycles. The quantitative estimate of drug-likeness (QED) is 0.488. The van der Waals surface area contributed by atoms with Crippen molar-refractivity contribution in [2.75, 3.05) is 25.6 Å². The van der Waals surface area contributed by atoms with Crippen LogP contribution < -0.4 is 21.2 Å². The van der Waals surface area contributed by atoms with Gasteiger partial charge in [0.15, 0.2) is 11.6 Å². The summed E-state index contributed by atoms with van der Waals surface area (Å²) >= 11 is 0. The van der Waals surface area contributed by atoms with E-state index in [2.05, 4.69) is 10.4 Å². The van der Waals surface area contributed by atoms with Gasteiger partial charge in [-0.15, -0.1) is 0 Å². The third-order valence-electron chi connectivity index (χ3n) is 6.42. The van der Waals surface area contributed by atoms with E-state index in [1.165, 1.54) is 37.1 Å². The summed E-state index contributed by atoms with van der Waals surface area (Å²) in [6.07, 6.45) is -2.46. The van der Waals surface area contributed by atoms with Gasteiger partial charge in [-0.3, -0.25) is 9.59 Å². The lowest BCUT2D eigenvalue weighted by atomic mass is 9.98. The van der Waals surface area contributed by atoms with E-state index in [0.717, 1.165) is 10.7 Å². The maximum Gasteiger partial charge on any atom is 0.293 e. The van der Waals surface area contributed by atoms with Crippen LogP contribution in [0.15, 0.2) is 34.0 Å². The molecule has 1 aliphatic heterocycles. The molecule has 3 aromatic rings. The SMILES string of the molecule is COc1c(=O)n(CC2CCOC[C@@H]2F)cc2c(N[C@H](C)c3cccc(C(F)F)c3F)nn(C)c(=O)c12. The molecule has 0 saturated carbocycles. The first-order valence-corrected chi connectivity index (χ1v) is 11.4. The highest BCUT2D eigenvalue weighted by molar-refractivity contribution is 5.94. The monoisotopic (exact) mass is 510 g/mol. The average Bonchev–Trinajstić information content (AvgIpc) is 2.84. The zero-order valence-electron chi connectivity index (χ0n) is 19.9. The molecule has 0 spiro atoms. The third-order valence-corrected chi connectivity index (χ3v) is 6.42. The van der Waals surface area contributed by atoms with Crippen molar-refractivity contribution in [3.63, 3.8) is 0 Å². The number of nitrogens with one attached hydrogen (secondary N) is 1. The van der Waals surface area contributed by atoms with Crippen LogP contribution in [0.1, 0.15) is 36.9 Å². The number of methoxy groups -OCH3 is 1. The number of anilines is 1. The minimum Gasteiger partial charge on any atom is -0.490 e. The second kappa shape index (κ2) is 10.3. The van der Waals surface area contributed by atoms with Gasteiger partial charge in [-0.25, -0.2) is 22.2 Å². The van der Waals surface area contributed by atoms with E-state index in [9.17, 15) is 27.2 Å². The van der Waals surface area contributed by atoms with E-state index in [-0.39, 0.29) is 41.1 Å². The van der Waals surface area contributed by atoms with E-state index < -0.39 is 47.1 Å². The summed E-state index contributed by atoms with van der Waals surface area (Å²) in [6.45, 7) is 1.86. The molecule has 3 atom stereocenters. The first-order chi connectivity index (χ1) is 17.1. The van der Waals surface area contributed by atoms with E-state index in [1.54, 1.807) is 6.92 Å². The second-order valence-electron chi connectivity index (χ2n) is 8.74. The Kier molecular flexibility index (Phi) is 7.34. The summed E-state index contributed by atoms with van der Waals surface area (Å²) in [7, 11) is 2.62. The fourth-order valence-electron chi connectivity index (χ4n) is 4.43. The highest BCUT2D eigenvalue weighted by Gasteiger charge is 2.28. The van der Waals surface area contributed by atoms with Crippen molar-refractivity contribution in [1.29, 1.82) is 0 Å². The van der Waals surface area contributed by atoms with Crippen LogP contribution in [0.25, 0.3) is 10.8 Å². The average molecular weight is 510 g/mol. The Morgan fingerprint density at radius 2 is 1.97 bits per heavy atom. The van der Waals surface area contributed by atoms with Crippen molar-refractivity contribution < 1.29 is 27.0 Å². The molecule has 12 heteroatoms. The molecule has 1 N–H and O–H groups in total. The molecule has 194 valence electrons. The van der Waals surface area contributed by atoms with Gasteiger partial charge >= 0.3 is 0 Å². The number of hydrogen-bond donors (Lipinski definition) is 1. The molecule has 1 unspecified atom stereocenters. The maximum atomic E-state index is 14.8. The van der Waals surface area contributed by atoms with Gasteiger partial charge in [0.25, 0.3) is 17.5 Å². The zero-order valence-corrected chi connectivity index (χ0v) is 19.9. The number of aryl methyl sites for hydroxylation is 1. The predicted molar refractivity (Wildman–Crippen MR) is 125 cm³/mol. The number of alkyl halides is 3. The maximum absolute atomic E-state index is 14.8. The van der Waals surface area contributed by atoms with Gasteiger partial charge in [-0.1, -0.05) is 18.2 Å². The van der Waals surface area contributed by atoms with Crippen LogP contribution in [-0.4, -0.2) is 40.8 Å². The smallest absolute Gasteiger partial charge is 0.293 e. The van der Waals surface area contributed by atoms with Gasteiger partial charge in [-0.05, 0) is 13.3 Å². The highest BCUT2D eigenvalue weighted by Crippen LogP contribution is 2.31. The number of fused-ring (bicyclic) bond motifs is 1. The summed E-state index contributed by atoms with van der Waals surface area (Å²) < 4.78 is 68.2. The number of aromatic nitrogens is 3. The van der Waals surface area contributed by atoms with Gasteiger partial charge in [0.2, 0.25) is 0 Å². The molecular formula is C24H26F4N4O4. The number of halogens is 4. The fraction of sp³-hybridized carbons (Fsp3) is 0.458. The Morgan fingerprint density at radius 3 is 2.64 bits per heavy atom. The molecule has 1 aromatic carbocycles. The lowest BCUT2D eigenvalue weighted by Gasteiger charge is -2.27. The highest BCUT2D eigenvalue weighted by atomic mass is 19.3. The molecule has 0 radical (unpaired) electrons. The molecule has 8 nitrogen and oxygen atoms in total. The van der Waals surface area contributed by atoms with Crippen LogP contribution in [0.5, 0.6) is 5.75 Å². The van der Waals surface area contributed by atoms with Gasteiger partial charge in [-0.2, -0.15) is 5.10 Å². The topological polar surface area (TPSA) is 87.4 Å². The van der Waals surface area contributed by atoms with Crippen LogP contribution in [0, 0.1) is 11.7 Å². The molecule has 0 amide bonds. The van der Waals surface area contributed by atoms with E-state index in [0.29, 0.717) is 13.0 Å². The molecule has 0 aliphatic carbocycles. The van der Waals surface area contributed by atoms with Crippen molar-refractivity contribution in [2.24, 2.45) is 13.0 Å². The van der Waals surface area contributed by atoms with Crippen molar-refractivity contribution in [1.82, 2.24) is 14.3 Å². The molecule has 1 aliphatic rings. The standard InChI is InChI=1S/C24H26F4N4O4/c1-12(14-5-4-6-15(19(14)26)21(27)28)29-22-16-10-32(9-13-7-8-36-11-17(13)25)24(34)20(35-3)18(16)23(33)31(2)30-22/h4-6,10,12-13,17,21H,7-9,11H2,1-3H3,(H,29,30)/t12-,13?,17+/m1/s1. The Labute approximate surface area is 203 Å². The Hall–Kier alpha value is -3.41. The number of hydrogen-bond acceptors (Lipinski definition) is 6. The van der Waals surface area contributed by atoms with E-state index in [1.807, 2.05) is 0 Å². The number of benzene rings is 1. The van der Waals surface area contributed by atoms with E-state index >= 15 is 0 Å². The normalized spacial score (nSPS) is 19.0. The molecule has 4 rings (SSSR count). The van der Waals surface area contributed by atoms with Crippen LogP contribution in [0.4, 0.5) is 23.4 Å². The largest absolute Gasteiger partial charge is 0.490 e. The lowest BCUT2D eigenvalue weighted by molar-refractivity contribution is -0.00691. The van der Waals surface area contributed by atoms with E-state index in [4.69, 9.17) is 9.47 Å². The van der Waals surface area contributed by atoms with Gasteiger partial charge in [0, 0.05) is 37.9 Å². The minimum atomic E-state index is -2.99. The van der Waals surface area contributed by atoms with Crippen molar-refractivity contribution in [3.05, 3.63) is 62.0 Å². The number of rotatable bonds is 7. The lowest BCUT2D eigenvalue weighted by Crippen LogP contribution is -2.35. The summed E-state index contributed by atoms with van der Waals surface area (Å²) in [5, 5.41) is 7.32. The van der Waals surface area contributed by atoms with Gasteiger partial charge < -0.3 is 19.4 Å². The predicted octanol–water partition coefficient (Wildman–Crippen LogP) is 3.73. The van der Waals surface area contributed by atoms with Crippen LogP contribution in [0.2, 0.25) is 0 Å². The summed E-state index contributed by atoms with van der Waals surface area (Å²) in [5.74, 6) is -1.68. The molecule has 3 heterocycles. The number of pyridine rings is 1. The second-order valence-corrected chi connectivity index (χ2v) is 8.74. The van der Waals surface area contributed by atoms with Crippen LogP contribution >= 0.6 is 0 Å². The van der Waals surface area contributed by atoms with Crippen molar-refractivity contribution in [3.8, 4) is 5.75 Å². The zero-order chi connectivity index (χ0) is 26.1. The van der Waals surface area contributed by atoms with Gasteiger partial charge in [0.05, 0.1) is 30.7 Å². The molecule has 36 heavy (non-hydrogen) atoms. The Balaban J connectivity index is 1.83. The van der Waals surface area contributed by atoms with Crippen molar-refractivity contribution in [2.45, 2.75) is 38.5 Å². The summed E-state index contributed by atoms with van der Waals surface area (Å²) in [6, 6.07) is 2.86. The fourth-order valence-corrected chi connectivity index (χ4v) is 4.43. The Bertz CT molecular complexity index is 1390. The summed E-state index contributed by atoms with van der Waals surface area (Å²) in [4.78, 5) is 26.1. The Morgan fingerprint density at radius 1 is 1.25 bits per heavy atom. The molecule has 0 bridgehead atoms. The minimum absolute atomic E-state index is 0.0188.